The zero-order valence-corrected chi connectivity index (χ0v) is 9.10. The molecule has 1 unspecified atom stereocenters. The van der Waals surface area contributed by atoms with Crippen LogP contribution in [0, 0.1) is 6.92 Å². The van der Waals surface area contributed by atoms with Crippen LogP contribution in [-0.4, -0.2) is 23.4 Å². The molecule has 1 heterocycles. The highest BCUT2D eigenvalue weighted by Gasteiger charge is 2.07. The smallest absolute Gasteiger partial charge is 0.0815 e. The van der Waals surface area contributed by atoms with Crippen molar-refractivity contribution in [2.45, 2.75) is 26.3 Å². The van der Waals surface area contributed by atoms with E-state index < -0.39 is 0 Å². The third-order valence-electron chi connectivity index (χ3n) is 2.12. The van der Waals surface area contributed by atoms with Gasteiger partial charge in [0.05, 0.1) is 16.8 Å². The van der Waals surface area contributed by atoms with Gasteiger partial charge in [-0.3, -0.25) is 4.68 Å². The molecule has 0 aliphatic carbocycles. The Kier molecular flexibility index (Phi) is 3.75. The number of aromatic nitrogens is 2. The van der Waals surface area contributed by atoms with E-state index in [4.69, 9.17) is 11.6 Å². The van der Waals surface area contributed by atoms with Crippen molar-refractivity contribution in [3.05, 3.63) is 16.9 Å². The summed E-state index contributed by atoms with van der Waals surface area (Å²) in [6, 6.07) is 0.402. The molecule has 1 atom stereocenters. The third-order valence-corrected chi connectivity index (χ3v) is 2.49. The molecule has 13 heavy (non-hydrogen) atoms. The van der Waals surface area contributed by atoms with Crippen LogP contribution in [0.15, 0.2) is 6.20 Å². The summed E-state index contributed by atoms with van der Waals surface area (Å²) >= 11 is 5.91. The van der Waals surface area contributed by atoms with Gasteiger partial charge in [-0.25, -0.2) is 0 Å². The van der Waals surface area contributed by atoms with Gasteiger partial charge in [0.2, 0.25) is 0 Å². The SMILES string of the molecule is CNCCC(C)n1cc(Cl)c(C)n1. The highest BCUT2D eigenvalue weighted by molar-refractivity contribution is 6.31. The molecule has 0 bridgehead atoms. The second-order valence-corrected chi connectivity index (χ2v) is 3.69. The van der Waals surface area contributed by atoms with Gasteiger partial charge in [-0.1, -0.05) is 11.6 Å². The Hall–Kier alpha value is -0.540. The molecule has 0 saturated carbocycles. The minimum absolute atomic E-state index is 0.402. The Balaban J connectivity index is 2.60. The van der Waals surface area contributed by atoms with Crippen molar-refractivity contribution >= 4 is 11.6 Å². The lowest BCUT2D eigenvalue weighted by Crippen LogP contribution is -2.14. The van der Waals surface area contributed by atoms with E-state index in [1.54, 1.807) is 0 Å². The standard InChI is InChI=1S/C9H16ClN3/c1-7(4-5-11-3)13-6-9(10)8(2)12-13/h6-7,11H,4-5H2,1-3H3. The van der Waals surface area contributed by atoms with Gasteiger partial charge in [0.25, 0.3) is 0 Å². The van der Waals surface area contributed by atoms with Gasteiger partial charge in [0, 0.05) is 6.20 Å². The van der Waals surface area contributed by atoms with Crippen LogP contribution in [0.3, 0.4) is 0 Å². The van der Waals surface area contributed by atoms with E-state index in [0.717, 1.165) is 23.7 Å². The first-order valence-corrected chi connectivity index (χ1v) is 4.88. The number of nitrogens with one attached hydrogen (secondary N) is 1. The molecule has 0 fully saturated rings. The number of rotatable bonds is 4. The second-order valence-electron chi connectivity index (χ2n) is 3.28. The Bertz CT molecular complexity index is 250. The molecule has 74 valence electrons. The van der Waals surface area contributed by atoms with E-state index >= 15 is 0 Å². The Morgan fingerprint density at radius 2 is 2.38 bits per heavy atom. The quantitative estimate of drug-likeness (QED) is 0.808. The van der Waals surface area contributed by atoms with Crippen LogP contribution < -0.4 is 5.32 Å². The average molecular weight is 202 g/mol. The normalized spacial score (nSPS) is 13.2. The molecule has 0 radical (unpaired) electrons. The summed E-state index contributed by atoms with van der Waals surface area (Å²) in [5.41, 5.74) is 0.901. The fourth-order valence-corrected chi connectivity index (χ4v) is 1.31. The number of hydrogen-bond acceptors (Lipinski definition) is 2. The summed E-state index contributed by atoms with van der Waals surface area (Å²) in [5, 5.41) is 8.18. The monoisotopic (exact) mass is 201 g/mol. The van der Waals surface area contributed by atoms with Crippen molar-refractivity contribution < 1.29 is 0 Å². The molecule has 0 amide bonds. The summed E-state index contributed by atoms with van der Waals surface area (Å²) < 4.78 is 1.93. The van der Waals surface area contributed by atoms with Gasteiger partial charge in [-0.15, -0.1) is 0 Å². The van der Waals surface area contributed by atoms with Gasteiger partial charge < -0.3 is 5.32 Å². The zero-order valence-electron chi connectivity index (χ0n) is 8.34. The van der Waals surface area contributed by atoms with Gasteiger partial charge in [0.1, 0.15) is 0 Å². The number of hydrogen-bond donors (Lipinski definition) is 1. The fraction of sp³-hybridized carbons (Fsp3) is 0.667. The maximum Gasteiger partial charge on any atom is 0.0815 e. The zero-order chi connectivity index (χ0) is 9.84. The first kappa shape index (κ1) is 10.5. The van der Waals surface area contributed by atoms with Crippen molar-refractivity contribution in [1.82, 2.24) is 15.1 Å². The largest absolute Gasteiger partial charge is 0.320 e. The molecule has 0 aromatic carbocycles. The second kappa shape index (κ2) is 4.63. The lowest BCUT2D eigenvalue weighted by Gasteiger charge is -2.10. The van der Waals surface area contributed by atoms with Crippen molar-refractivity contribution in [1.29, 1.82) is 0 Å². The fourth-order valence-electron chi connectivity index (χ4n) is 1.17. The third kappa shape index (κ3) is 2.71. The van der Waals surface area contributed by atoms with E-state index in [1.807, 2.05) is 24.9 Å². The van der Waals surface area contributed by atoms with Gasteiger partial charge in [-0.2, -0.15) is 5.10 Å². The Morgan fingerprint density at radius 1 is 1.69 bits per heavy atom. The topological polar surface area (TPSA) is 29.9 Å². The molecule has 0 aliphatic heterocycles. The van der Waals surface area contributed by atoms with Crippen molar-refractivity contribution in [2.75, 3.05) is 13.6 Å². The van der Waals surface area contributed by atoms with Crippen molar-refractivity contribution in [3.8, 4) is 0 Å². The minimum Gasteiger partial charge on any atom is -0.320 e. The highest BCUT2D eigenvalue weighted by atomic mass is 35.5. The van der Waals surface area contributed by atoms with E-state index in [2.05, 4.69) is 17.3 Å². The Morgan fingerprint density at radius 3 is 2.85 bits per heavy atom. The number of nitrogens with zero attached hydrogens (tertiary/aromatic N) is 2. The summed E-state index contributed by atoms with van der Waals surface area (Å²) in [6.45, 7) is 5.06. The molecule has 3 nitrogen and oxygen atoms in total. The Labute approximate surface area is 84.1 Å². The molecule has 1 aromatic heterocycles. The van der Waals surface area contributed by atoms with E-state index in [-0.39, 0.29) is 0 Å². The molecular weight excluding hydrogens is 186 g/mol. The van der Waals surface area contributed by atoms with Crippen LogP contribution in [0.2, 0.25) is 5.02 Å². The average Bonchev–Trinajstić information content (AvgIpc) is 2.43. The first-order chi connectivity index (χ1) is 6.15. The van der Waals surface area contributed by atoms with Crippen LogP contribution in [0.1, 0.15) is 25.1 Å². The molecule has 1 N–H and O–H groups in total. The van der Waals surface area contributed by atoms with Crippen LogP contribution in [0.25, 0.3) is 0 Å². The minimum atomic E-state index is 0.402. The predicted molar refractivity (Wildman–Crippen MR) is 55.2 cm³/mol. The number of aryl methyl sites for hydroxylation is 1. The van der Waals surface area contributed by atoms with Gasteiger partial charge in [0.15, 0.2) is 0 Å². The summed E-state index contributed by atoms with van der Waals surface area (Å²) in [7, 11) is 1.95. The summed E-state index contributed by atoms with van der Waals surface area (Å²) in [4.78, 5) is 0. The molecule has 4 heteroatoms. The number of halogens is 1. The van der Waals surface area contributed by atoms with E-state index in [0.29, 0.717) is 6.04 Å². The van der Waals surface area contributed by atoms with Crippen LogP contribution in [0.4, 0.5) is 0 Å². The van der Waals surface area contributed by atoms with Crippen molar-refractivity contribution in [3.63, 3.8) is 0 Å². The maximum absolute atomic E-state index is 5.91. The molecular formula is C9H16ClN3. The van der Waals surface area contributed by atoms with E-state index in [9.17, 15) is 0 Å². The highest BCUT2D eigenvalue weighted by Crippen LogP contribution is 2.17. The maximum atomic E-state index is 5.91. The molecule has 0 spiro atoms. The lowest BCUT2D eigenvalue weighted by atomic mass is 10.2. The summed E-state index contributed by atoms with van der Waals surface area (Å²) in [6.07, 6.45) is 2.95. The predicted octanol–water partition coefficient (Wildman–Crippen LogP) is 2.02. The lowest BCUT2D eigenvalue weighted by molar-refractivity contribution is 0.450. The molecule has 0 saturated heterocycles. The van der Waals surface area contributed by atoms with Crippen LogP contribution in [0.5, 0.6) is 0 Å². The van der Waals surface area contributed by atoms with Gasteiger partial charge in [-0.05, 0) is 33.9 Å². The molecule has 0 aliphatic rings. The summed E-state index contributed by atoms with van der Waals surface area (Å²) in [5.74, 6) is 0. The molecule has 1 rings (SSSR count). The van der Waals surface area contributed by atoms with Crippen LogP contribution in [-0.2, 0) is 0 Å². The van der Waals surface area contributed by atoms with Crippen molar-refractivity contribution in [2.24, 2.45) is 0 Å². The van der Waals surface area contributed by atoms with E-state index in [1.165, 1.54) is 0 Å². The first-order valence-electron chi connectivity index (χ1n) is 4.51. The van der Waals surface area contributed by atoms with Gasteiger partial charge >= 0.3 is 0 Å². The molecule has 1 aromatic rings. The van der Waals surface area contributed by atoms with Crippen LogP contribution >= 0.6 is 11.6 Å².